The molecule has 0 unspecified atom stereocenters. The van der Waals surface area contributed by atoms with Gasteiger partial charge in [0, 0.05) is 5.56 Å². The van der Waals surface area contributed by atoms with Gasteiger partial charge in [0.2, 0.25) is 0 Å². The molecule has 3 nitrogen and oxygen atoms in total. The summed E-state index contributed by atoms with van der Waals surface area (Å²) in [7, 11) is 2.50. The summed E-state index contributed by atoms with van der Waals surface area (Å²) in [5.74, 6) is -0.380. The van der Waals surface area contributed by atoms with Crippen LogP contribution in [-0.2, 0) is 16.0 Å². The second-order valence-corrected chi connectivity index (χ2v) is 3.40. The van der Waals surface area contributed by atoms with Gasteiger partial charge in [-0.05, 0) is 6.07 Å². The van der Waals surface area contributed by atoms with Crippen molar-refractivity contribution in [3.63, 3.8) is 0 Å². The number of halogens is 3. The Hall–Kier alpha value is -0.0187. The van der Waals surface area contributed by atoms with Crippen molar-refractivity contribution in [2.24, 2.45) is 0 Å². The first-order valence-corrected chi connectivity index (χ1v) is 4.82. The summed E-state index contributed by atoms with van der Waals surface area (Å²) in [5.41, 5.74) is -0.597. The number of carbonyl (C=O) groups is 1. The number of hydrogen-bond acceptors (Lipinski definition) is 3. The number of esters is 1. The summed E-state index contributed by atoms with van der Waals surface area (Å²) in [5, 5.41) is 0. The summed E-state index contributed by atoms with van der Waals surface area (Å²) in [4.78, 5) is 11.1. The Morgan fingerprint density at radius 3 is 2.33 bits per heavy atom. The van der Waals surface area contributed by atoms with E-state index in [1.54, 1.807) is 0 Å². The van der Waals surface area contributed by atoms with Crippen molar-refractivity contribution in [2.75, 3.05) is 14.2 Å². The Labute approximate surface area is 146 Å². The molecule has 0 spiro atoms. The molecule has 8 heteroatoms. The van der Waals surface area contributed by atoms with Crippen LogP contribution in [0.1, 0.15) is 5.56 Å². The first-order chi connectivity index (χ1) is 7.88. The van der Waals surface area contributed by atoms with E-state index in [9.17, 15) is 17.7 Å². The van der Waals surface area contributed by atoms with E-state index in [0.29, 0.717) is 0 Å². The minimum atomic E-state index is -5.09. The van der Waals surface area contributed by atoms with Gasteiger partial charge in [-0.1, -0.05) is 12.1 Å². The van der Waals surface area contributed by atoms with Crippen LogP contribution in [0, 0.1) is 0 Å². The van der Waals surface area contributed by atoms with Gasteiger partial charge >= 0.3 is 64.3 Å². The zero-order valence-electron chi connectivity index (χ0n) is 10.4. The maximum absolute atomic E-state index is 12.5. The van der Waals surface area contributed by atoms with Crippen LogP contribution >= 0.6 is 0 Å². The molecule has 0 amide bonds. The zero-order valence-corrected chi connectivity index (χ0v) is 13.5. The summed E-state index contributed by atoms with van der Waals surface area (Å²) in [6, 6.07) is 3.04. The average Bonchev–Trinajstić information content (AvgIpc) is 2.27. The largest absolute Gasteiger partial charge is 1.00 e. The quantitative estimate of drug-likeness (QED) is 0.497. The molecule has 0 atom stereocenters. The van der Waals surface area contributed by atoms with Crippen molar-refractivity contribution >= 4 is 18.4 Å². The Kier molecular flexibility index (Phi) is 7.53. The van der Waals surface area contributed by atoms with Crippen LogP contribution in [0.5, 0.6) is 5.75 Å². The van der Waals surface area contributed by atoms with Gasteiger partial charge in [-0.15, -0.1) is 5.46 Å². The predicted octanol–water partition coefficient (Wildman–Crippen LogP) is -1.53. The van der Waals surface area contributed by atoms with Gasteiger partial charge in [0.15, 0.2) is 0 Å². The van der Waals surface area contributed by atoms with Crippen molar-refractivity contribution in [1.82, 2.24) is 0 Å². The molecular formula is C10H11BF3KO3. The summed E-state index contributed by atoms with van der Waals surface area (Å²) in [6.07, 6.45) is -0.250. The maximum Gasteiger partial charge on any atom is 1.00 e. The molecule has 1 aromatic rings. The molecule has 1 aromatic carbocycles. The number of carbonyl (C=O) groups excluding carboxylic acids is 1. The zero-order chi connectivity index (χ0) is 13.1. The fourth-order valence-electron chi connectivity index (χ4n) is 1.37. The van der Waals surface area contributed by atoms with E-state index in [2.05, 4.69) is 4.74 Å². The van der Waals surface area contributed by atoms with E-state index in [4.69, 9.17) is 4.74 Å². The van der Waals surface area contributed by atoms with Gasteiger partial charge in [-0.25, -0.2) is 0 Å². The van der Waals surface area contributed by atoms with Gasteiger partial charge < -0.3 is 22.4 Å². The van der Waals surface area contributed by atoms with Crippen LogP contribution in [0.3, 0.4) is 0 Å². The Morgan fingerprint density at radius 2 is 1.89 bits per heavy atom. The third kappa shape index (κ3) is 4.93. The molecule has 18 heavy (non-hydrogen) atoms. The van der Waals surface area contributed by atoms with E-state index >= 15 is 0 Å². The fraction of sp³-hybridized carbons (Fsp3) is 0.300. The van der Waals surface area contributed by atoms with Gasteiger partial charge in [0.1, 0.15) is 5.75 Å². The molecule has 0 aliphatic heterocycles. The number of rotatable bonds is 4. The molecule has 0 fully saturated rings. The standard InChI is InChI=1S/C10H11BF3O3.K/c1-16-9-4-3-8(11(12,13)14)5-7(9)6-10(15)17-2;/h3-5H,6H2,1-2H3;/q-1;+1. The molecule has 0 N–H and O–H groups in total. The van der Waals surface area contributed by atoms with Crippen molar-refractivity contribution in [1.29, 1.82) is 0 Å². The number of ether oxygens (including phenoxy) is 2. The van der Waals surface area contributed by atoms with E-state index in [0.717, 1.165) is 12.1 Å². The maximum atomic E-state index is 12.5. The van der Waals surface area contributed by atoms with Crippen molar-refractivity contribution < 1.29 is 78.6 Å². The topological polar surface area (TPSA) is 35.5 Å². The van der Waals surface area contributed by atoms with Crippen LogP contribution in [0.25, 0.3) is 0 Å². The molecule has 0 aliphatic rings. The summed E-state index contributed by atoms with van der Waals surface area (Å²) >= 11 is 0. The van der Waals surface area contributed by atoms with E-state index < -0.39 is 18.4 Å². The monoisotopic (exact) mass is 286 g/mol. The number of hydrogen-bond donors (Lipinski definition) is 0. The molecule has 0 aromatic heterocycles. The Morgan fingerprint density at radius 1 is 1.28 bits per heavy atom. The molecule has 0 saturated carbocycles. The SMILES string of the molecule is COC(=O)Cc1cc([B-](F)(F)F)ccc1OC.[K+]. The van der Waals surface area contributed by atoms with Crippen molar-refractivity contribution in [3.05, 3.63) is 23.8 Å². The molecule has 0 radical (unpaired) electrons. The summed E-state index contributed by atoms with van der Waals surface area (Å²) < 4.78 is 46.9. The normalized spacial score (nSPS) is 10.5. The Bertz CT molecular complexity index is 423. The predicted molar refractivity (Wildman–Crippen MR) is 57.4 cm³/mol. The second kappa shape index (κ2) is 7.54. The van der Waals surface area contributed by atoms with Gasteiger partial charge in [-0.3, -0.25) is 4.79 Å². The van der Waals surface area contributed by atoms with E-state index in [1.165, 1.54) is 20.3 Å². The average molecular weight is 286 g/mol. The van der Waals surface area contributed by atoms with Crippen LogP contribution in [-0.4, -0.2) is 27.2 Å². The minimum Gasteiger partial charge on any atom is -0.496 e. The van der Waals surface area contributed by atoms with Crippen molar-refractivity contribution in [3.8, 4) is 5.75 Å². The van der Waals surface area contributed by atoms with Crippen LogP contribution in [0.4, 0.5) is 12.9 Å². The molecule has 1 rings (SSSR count). The second-order valence-electron chi connectivity index (χ2n) is 3.40. The van der Waals surface area contributed by atoms with Gasteiger partial charge in [0.25, 0.3) is 0 Å². The summed E-state index contributed by atoms with van der Waals surface area (Å²) in [6.45, 7) is -5.09. The number of methoxy groups -OCH3 is 2. The first kappa shape index (κ1) is 18.0. The van der Waals surface area contributed by atoms with Crippen LogP contribution < -0.4 is 61.6 Å². The van der Waals surface area contributed by atoms with Gasteiger partial charge in [-0.2, -0.15) is 0 Å². The number of benzene rings is 1. The smallest absolute Gasteiger partial charge is 0.496 e. The molecule has 0 heterocycles. The third-order valence-corrected chi connectivity index (χ3v) is 2.24. The first-order valence-electron chi connectivity index (χ1n) is 4.82. The van der Waals surface area contributed by atoms with Crippen LogP contribution in [0.2, 0.25) is 0 Å². The minimum absolute atomic E-state index is 0. The molecule has 0 aliphatic carbocycles. The third-order valence-electron chi connectivity index (χ3n) is 2.24. The van der Waals surface area contributed by atoms with Crippen molar-refractivity contribution in [2.45, 2.75) is 6.42 Å². The Balaban J connectivity index is 0.00000289. The van der Waals surface area contributed by atoms with E-state index in [-0.39, 0.29) is 69.1 Å². The fourth-order valence-corrected chi connectivity index (χ4v) is 1.37. The molecule has 0 bridgehead atoms. The van der Waals surface area contributed by atoms with Crippen LogP contribution in [0.15, 0.2) is 18.2 Å². The van der Waals surface area contributed by atoms with Gasteiger partial charge in [0.05, 0.1) is 20.6 Å². The molecular weight excluding hydrogens is 275 g/mol. The molecule has 0 saturated heterocycles. The van der Waals surface area contributed by atoms with E-state index in [1.807, 2.05) is 0 Å². The molecule has 94 valence electrons.